The summed E-state index contributed by atoms with van der Waals surface area (Å²) in [6.07, 6.45) is 9.17. The highest BCUT2D eigenvalue weighted by molar-refractivity contribution is 5.77. The van der Waals surface area contributed by atoms with E-state index in [0.717, 1.165) is 38.2 Å². The van der Waals surface area contributed by atoms with Gasteiger partial charge < -0.3 is 10.1 Å². The van der Waals surface area contributed by atoms with Crippen LogP contribution in [0.4, 0.5) is 11.6 Å². The van der Waals surface area contributed by atoms with Crippen LogP contribution in [0.1, 0.15) is 12.8 Å². The topological polar surface area (TPSA) is 108 Å². The summed E-state index contributed by atoms with van der Waals surface area (Å²) in [5, 5.41) is 7.69. The zero-order valence-corrected chi connectivity index (χ0v) is 19.5. The van der Waals surface area contributed by atoms with Crippen molar-refractivity contribution in [1.82, 2.24) is 39.0 Å². The molecule has 3 fully saturated rings. The van der Waals surface area contributed by atoms with E-state index in [1.807, 2.05) is 31.4 Å². The predicted molar refractivity (Wildman–Crippen MR) is 131 cm³/mol. The molecular weight excluding hydrogens is 446 g/mol. The summed E-state index contributed by atoms with van der Waals surface area (Å²) >= 11 is 0. The Morgan fingerprint density at radius 3 is 2.80 bits per heavy atom. The molecule has 0 amide bonds. The fourth-order valence-corrected chi connectivity index (χ4v) is 5.01. The summed E-state index contributed by atoms with van der Waals surface area (Å²) in [5.74, 6) is 2.01. The first-order valence-electron chi connectivity index (χ1n) is 11.8. The van der Waals surface area contributed by atoms with Crippen molar-refractivity contribution in [2.24, 2.45) is 13.0 Å². The SMILES string of the molecule is C=CCn1c(=O)c2cnc(Nc3cnn(C)c3)nc2n1-c1cccc(O[C@H]2CN3CCC2CC3)n1. The van der Waals surface area contributed by atoms with Gasteiger partial charge in [0.2, 0.25) is 11.8 Å². The average molecular weight is 474 g/mol. The Balaban J connectivity index is 1.39. The number of nitrogens with zero attached hydrogens (tertiary/aromatic N) is 8. The van der Waals surface area contributed by atoms with E-state index >= 15 is 0 Å². The number of anilines is 2. The molecule has 7 rings (SSSR count). The fourth-order valence-electron chi connectivity index (χ4n) is 5.01. The minimum absolute atomic E-state index is 0.134. The molecule has 3 saturated heterocycles. The molecular formula is C24H27N9O2. The summed E-state index contributed by atoms with van der Waals surface area (Å²) in [4.78, 5) is 29.4. The molecule has 1 N–H and O–H groups in total. The number of aryl methyl sites for hydroxylation is 1. The van der Waals surface area contributed by atoms with Crippen molar-refractivity contribution in [1.29, 1.82) is 0 Å². The second kappa shape index (κ2) is 8.66. The van der Waals surface area contributed by atoms with E-state index in [0.29, 0.717) is 41.1 Å². The fraction of sp³-hybridized carbons (Fsp3) is 0.375. The van der Waals surface area contributed by atoms with Crippen molar-refractivity contribution in [3.8, 4) is 11.7 Å². The lowest BCUT2D eigenvalue weighted by molar-refractivity contribution is -0.00994. The van der Waals surface area contributed by atoms with Gasteiger partial charge >= 0.3 is 0 Å². The van der Waals surface area contributed by atoms with Gasteiger partial charge in [0.05, 0.1) is 18.4 Å². The second-order valence-corrected chi connectivity index (χ2v) is 9.07. The van der Waals surface area contributed by atoms with Gasteiger partial charge in [-0.1, -0.05) is 12.1 Å². The molecule has 0 unspecified atom stereocenters. The monoisotopic (exact) mass is 473 g/mol. The first-order valence-corrected chi connectivity index (χ1v) is 11.8. The largest absolute Gasteiger partial charge is 0.473 e. The maximum absolute atomic E-state index is 13.2. The number of fused-ring (bicyclic) bond motifs is 4. The van der Waals surface area contributed by atoms with Crippen molar-refractivity contribution in [3.63, 3.8) is 0 Å². The number of hydrogen-bond donors (Lipinski definition) is 1. The normalized spacial score (nSPS) is 21.3. The van der Waals surface area contributed by atoms with Gasteiger partial charge in [0.25, 0.3) is 5.56 Å². The maximum Gasteiger partial charge on any atom is 0.278 e. The number of rotatable bonds is 7. The molecule has 3 aliphatic rings. The lowest BCUT2D eigenvalue weighted by atomic mass is 9.86. The number of ether oxygens (including phenoxy) is 1. The molecule has 0 radical (unpaired) electrons. The van der Waals surface area contributed by atoms with Crippen LogP contribution in [0.5, 0.6) is 5.88 Å². The summed E-state index contributed by atoms with van der Waals surface area (Å²) in [5.41, 5.74) is 0.987. The molecule has 4 aromatic rings. The van der Waals surface area contributed by atoms with Crippen LogP contribution in [-0.4, -0.2) is 64.7 Å². The molecule has 0 aromatic carbocycles. The number of allylic oxidation sites excluding steroid dienone is 1. The van der Waals surface area contributed by atoms with Gasteiger partial charge in [0, 0.05) is 32.1 Å². The molecule has 2 bridgehead atoms. The number of hydrogen-bond acceptors (Lipinski definition) is 8. The molecule has 0 saturated carbocycles. The summed E-state index contributed by atoms with van der Waals surface area (Å²) in [6, 6.07) is 5.61. The van der Waals surface area contributed by atoms with Crippen molar-refractivity contribution >= 4 is 22.7 Å². The van der Waals surface area contributed by atoms with Crippen LogP contribution < -0.4 is 15.6 Å². The van der Waals surface area contributed by atoms with E-state index in [1.54, 1.807) is 26.3 Å². The van der Waals surface area contributed by atoms with Crippen molar-refractivity contribution < 1.29 is 4.74 Å². The number of pyridine rings is 1. The van der Waals surface area contributed by atoms with Gasteiger partial charge in [-0.3, -0.25) is 14.4 Å². The van der Waals surface area contributed by atoms with E-state index in [-0.39, 0.29) is 11.7 Å². The van der Waals surface area contributed by atoms with Crippen molar-refractivity contribution in [2.75, 3.05) is 25.0 Å². The Hall–Kier alpha value is -3.99. The first-order chi connectivity index (χ1) is 17.1. The molecule has 0 spiro atoms. The van der Waals surface area contributed by atoms with Crippen molar-refractivity contribution in [3.05, 3.63) is 59.8 Å². The minimum atomic E-state index is -0.210. The Kier molecular flexibility index (Phi) is 5.33. The van der Waals surface area contributed by atoms with Crippen LogP contribution in [0, 0.1) is 5.92 Å². The van der Waals surface area contributed by atoms with Crippen LogP contribution in [-0.2, 0) is 13.6 Å². The Labute approximate surface area is 201 Å². The molecule has 11 nitrogen and oxygen atoms in total. The van der Waals surface area contributed by atoms with E-state index in [1.165, 1.54) is 6.20 Å². The molecule has 180 valence electrons. The highest BCUT2D eigenvalue weighted by Gasteiger charge is 2.35. The van der Waals surface area contributed by atoms with Gasteiger partial charge in [0.1, 0.15) is 11.5 Å². The molecule has 11 heteroatoms. The maximum atomic E-state index is 13.2. The van der Waals surface area contributed by atoms with E-state index in [4.69, 9.17) is 9.72 Å². The van der Waals surface area contributed by atoms with Gasteiger partial charge in [-0.15, -0.1) is 6.58 Å². The summed E-state index contributed by atoms with van der Waals surface area (Å²) in [6.45, 7) is 7.34. The Morgan fingerprint density at radius 2 is 2.09 bits per heavy atom. The van der Waals surface area contributed by atoms with E-state index in [2.05, 4.69) is 31.9 Å². The zero-order valence-electron chi connectivity index (χ0n) is 19.5. The highest BCUT2D eigenvalue weighted by Crippen LogP contribution is 2.30. The molecule has 35 heavy (non-hydrogen) atoms. The van der Waals surface area contributed by atoms with Crippen LogP contribution in [0.2, 0.25) is 0 Å². The third-order valence-electron chi connectivity index (χ3n) is 6.73. The predicted octanol–water partition coefficient (Wildman–Crippen LogP) is 2.11. The first kappa shape index (κ1) is 21.5. The van der Waals surface area contributed by atoms with Crippen LogP contribution in [0.25, 0.3) is 16.9 Å². The average Bonchev–Trinajstić information content (AvgIpc) is 3.40. The number of aromatic nitrogens is 7. The molecule has 1 atom stereocenters. The van der Waals surface area contributed by atoms with E-state index < -0.39 is 0 Å². The smallest absolute Gasteiger partial charge is 0.278 e. The zero-order chi connectivity index (χ0) is 23.9. The third kappa shape index (κ3) is 3.97. The molecule has 7 heterocycles. The lowest BCUT2D eigenvalue weighted by Gasteiger charge is -2.44. The van der Waals surface area contributed by atoms with Crippen molar-refractivity contribution in [2.45, 2.75) is 25.5 Å². The van der Waals surface area contributed by atoms with Gasteiger partial charge in [-0.2, -0.15) is 15.1 Å². The minimum Gasteiger partial charge on any atom is -0.473 e. The van der Waals surface area contributed by atoms with Gasteiger partial charge in [-0.05, 0) is 37.9 Å². The van der Waals surface area contributed by atoms with E-state index in [9.17, 15) is 4.79 Å². The van der Waals surface area contributed by atoms with Crippen LogP contribution in [0.3, 0.4) is 0 Å². The summed E-state index contributed by atoms with van der Waals surface area (Å²) < 4.78 is 11.3. The van der Waals surface area contributed by atoms with Gasteiger partial charge in [0.15, 0.2) is 11.5 Å². The highest BCUT2D eigenvalue weighted by atomic mass is 16.5. The standard InChI is InChI=1S/C24H27N9O2/c1-3-9-32-23(34)18-13-25-24(27-17-12-26-30(2)14-17)29-22(18)33(32)20-5-4-6-21(28-20)35-19-15-31-10-7-16(19)8-11-31/h3-6,12-14,16,19H,1,7-11,15H2,2H3,(H,25,27,29)/t19-/m0/s1. The van der Waals surface area contributed by atoms with Crippen LogP contribution >= 0.6 is 0 Å². The number of nitrogens with one attached hydrogen (secondary N) is 1. The Morgan fingerprint density at radius 1 is 1.23 bits per heavy atom. The second-order valence-electron chi connectivity index (χ2n) is 9.07. The molecule has 3 aliphatic heterocycles. The molecule has 0 aliphatic carbocycles. The Bertz CT molecular complexity index is 1440. The lowest BCUT2D eigenvalue weighted by Crippen LogP contribution is -2.52. The van der Waals surface area contributed by atoms with Crippen LogP contribution in [0.15, 0.2) is 54.2 Å². The molecule has 4 aromatic heterocycles. The van der Waals surface area contributed by atoms with Gasteiger partial charge in [-0.25, -0.2) is 14.3 Å². The summed E-state index contributed by atoms with van der Waals surface area (Å²) in [7, 11) is 1.83. The third-order valence-corrected chi connectivity index (χ3v) is 6.73. The quantitative estimate of drug-likeness (QED) is 0.407. The number of piperidine rings is 3.